The molecule has 0 saturated carbocycles. The van der Waals surface area contributed by atoms with Crippen molar-refractivity contribution in [2.75, 3.05) is 0 Å². The van der Waals surface area contributed by atoms with Crippen LogP contribution in [0.1, 0.15) is 43.7 Å². The third-order valence-electron chi connectivity index (χ3n) is 6.30. The molecule has 2 aliphatic rings. The van der Waals surface area contributed by atoms with Gasteiger partial charge in [-0.2, -0.15) is 0 Å². The summed E-state index contributed by atoms with van der Waals surface area (Å²) in [5, 5.41) is 4.56. The molecule has 3 heterocycles. The summed E-state index contributed by atoms with van der Waals surface area (Å²) in [6.07, 6.45) is 2.69. The second-order valence-electron chi connectivity index (χ2n) is 9.40. The predicted molar refractivity (Wildman–Crippen MR) is 120 cm³/mol. The highest BCUT2D eigenvalue weighted by atomic mass is 19.1. The van der Waals surface area contributed by atoms with Gasteiger partial charge in [0.05, 0.1) is 5.56 Å². The van der Waals surface area contributed by atoms with Crippen LogP contribution in [0.4, 0.5) is 4.39 Å². The topological polar surface area (TPSA) is 69.4 Å². The standard InChI is InChI=1S/C26H21FN4O2/c1-26(2)12-18(32)21-19(13-26)33-25-22(20(21)15-6-4-3-5-7-15)24-29-23(30-31(24)14-28-25)16-8-10-17(27)11-9-16/h3-11,14,20H,12-13H2,1-2H3/t20-/m1/s1. The Balaban J connectivity index is 1.59. The fraction of sp³-hybridized carbons (Fsp3) is 0.231. The largest absolute Gasteiger partial charge is 0.442 e. The van der Waals surface area contributed by atoms with Crippen molar-refractivity contribution in [2.24, 2.45) is 5.41 Å². The summed E-state index contributed by atoms with van der Waals surface area (Å²) in [7, 11) is 0. The van der Waals surface area contributed by atoms with E-state index >= 15 is 0 Å². The van der Waals surface area contributed by atoms with E-state index in [0.29, 0.717) is 47.1 Å². The van der Waals surface area contributed by atoms with Crippen molar-refractivity contribution in [3.63, 3.8) is 0 Å². The quantitative estimate of drug-likeness (QED) is 0.434. The molecule has 4 aromatic rings. The van der Waals surface area contributed by atoms with Gasteiger partial charge in [-0.05, 0) is 35.2 Å². The van der Waals surface area contributed by atoms with Gasteiger partial charge in [-0.25, -0.2) is 18.9 Å². The lowest BCUT2D eigenvalue weighted by molar-refractivity contribution is -0.118. The Labute approximate surface area is 189 Å². The summed E-state index contributed by atoms with van der Waals surface area (Å²) in [5.41, 5.74) is 3.45. The van der Waals surface area contributed by atoms with Crippen molar-refractivity contribution < 1.29 is 13.9 Å². The summed E-state index contributed by atoms with van der Waals surface area (Å²) >= 11 is 0. The minimum absolute atomic E-state index is 0.0843. The molecule has 164 valence electrons. The van der Waals surface area contributed by atoms with Gasteiger partial charge in [-0.3, -0.25) is 4.79 Å². The minimum Gasteiger partial charge on any atom is -0.442 e. The predicted octanol–water partition coefficient (Wildman–Crippen LogP) is 5.10. The zero-order chi connectivity index (χ0) is 22.7. The van der Waals surface area contributed by atoms with Crippen molar-refractivity contribution in [2.45, 2.75) is 32.6 Å². The highest BCUT2D eigenvalue weighted by Gasteiger charge is 2.43. The van der Waals surface area contributed by atoms with Gasteiger partial charge in [0.25, 0.3) is 0 Å². The van der Waals surface area contributed by atoms with Gasteiger partial charge in [0.2, 0.25) is 5.88 Å². The molecule has 6 rings (SSSR count). The van der Waals surface area contributed by atoms with Crippen LogP contribution in [0.15, 0.2) is 72.3 Å². The van der Waals surface area contributed by atoms with Crippen LogP contribution in [0, 0.1) is 11.2 Å². The van der Waals surface area contributed by atoms with Crippen LogP contribution in [-0.4, -0.2) is 25.4 Å². The third-order valence-corrected chi connectivity index (χ3v) is 6.30. The molecule has 0 spiro atoms. The second-order valence-corrected chi connectivity index (χ2v) is 9.40. The van der Waals surface area contributed by atoms with E-state index < -0.39 is 0 Å². The summed E-state index contributed by atoms with van der Waals surface area (Å²) in [5.74, 6) is 0.993. The Morgan fingerprint density at radius 3 is 2.58 bits per heavy atom. The average Bonchev–Trinajstić information content (AvgIpc) is 3.22. The van der Waals surface area contributed by atoms with Gasteiger partial charge in [-0.15, -0.1) is 5.10 Å². The van der Waals surface area contributed by atoms with Crippen molar-refractivity contribution in [3.05, 3.63) is 89.2 Å². The summed E-state index contributed by atoms with van der Waals surface area (Å²) in [6, 6.07) is 15.9. The smallest absolute Gasteiger partial charge is 0.228 e. The van der Waals surface area contributed by atoms with Gasteiger partial charge in [0.1, 0.15) is 17.9 Å². The molecule has 1 atom stereocenters. The molecule has 2 aromatic carbocycles. The Hall–Kier alpha value is -3.87. The first kappa shape index (κ1) is 19.8. The molecule has 6 nitrogen and oxygen atoms in total. The lowest BCUT2D eigenvalue weighted by Crippen LogP contribution is -2.33. The number of allylic oxidation sites excluding steroid dienone is 2. The number of rotatable bonds is 2. The van der Waals surface area contributed by atoms with Crippen molar-refractivity contribution in [1.82, 2.24) is 19.6 Å². The number of ketones is 1. The number of nitrogens with zero attached hydrogens (tertiary/aromatic N) is 4. The monoisotopic (exact) mass is 440 g/mol. The molecule has 0 saturated heterocycles. The van der Waals surface area contributed by atoms with Crippen LogP contribution >= 0.6 is 0 Å². The molecule has 1 aliphatic carbocycles. The Kier molecular flexibility index (Phi) is 4.24. The van der Waals surface area contributed by atoms with Crippen LogP contribution in [0.3, 0.4) is 0 Å². The molecule has 0 fully saturated rings. The Bertz CT molecular complexity index is 1440. The molecule has 0 bridgehead atoms. The van der Waals surface area contributed by atoms with E-state index in [9.17, 15) is 9.18 Å². The van der Waals surface area contributed by atoms with E-state index in [2.05, 4.69) is 23.9 Å². The van der Waals surface area contributed by atoms with Crippen LogP contribution in [-0.2, 0) is 4.79 Å². The molecular formula is C26H21FN4O2. The van der Waals surface area contributed by atoms with E-state index in [1.54, 1.807) is 23.0 Å². The molecule has 2 aromatic heterocycles. The summed E-state index contributed by atoms with van der Waals surface area (Å²) in [4.78, 5) is 22.7. The van der Waals surface area contributed by atoms with E-state index in [4.69, 9.17) is 9.72 Å². The minimum atomic E-state index is -0.352. The van der Waals surface area contributed by atoms with E-state index in [-0.39, 0.29) is 22.9 Å². The average molecular weight is 440 g/mol. The van der Waals surface area contributed by atoms with Crippen LogP contribution in [0.2, 0.25) is 0 Å². The summed E-state index contributed by atoms with van der Waals surface area (Å²) < 4.78 is 21.3. The molecule has 7 heteroatoms. The number of benzene rings is 2. The number of ether oxygens (including phenoxy) is 1. The first-order chi connectivity index (χ1) is 15.9. The van der Waals surface area contributed by atoms with Crippen molar-refractivity contribution in [1.29, 1.82) is 0 Å². The zero-order valence-corrected chi connectivity index (χ0v) is 18.2. The molecule has 0 radical (unpaired) electrons. The van der Waals surface area contributed by atoms with Crippen molar-refractivity contribution >= 4 is 11.4 Å². The maximum absolute atomic E-state index is 13.4. The Morgan fingerprint density at radius 1 is 1.06 bits per heavy atom. The fourth-order valence-electron chi connectivity index (χ4n) is 4.85. The van der Waals surface area contributed by atoms with Crippen LogP contribution < -0.4 is 4.74 Å². The van der Waals surface area contributed by atoms with Gasteiger partial charge in [0, 0.05) is 29.9 Å². The zero-order valence-electron chi connectivity index (χ0n) is 18.2. The first-order valence-corrected chi connectivity index (χ1v) is 10.9. The van der Waals surface area contributed by atoms with E-state index in [1.807, 2.05) is 30.3 Å². The van der Waals surface area contributed by atoms with Crippen LogP contribution in [0.5, 0.6) is 5.88 Å². The third kappa shape index (κ3) is 3.23. The normalized spacial score (nSPS) is 19.2. The number of Topliss-reactive ketones (excluding diaryl/α,β-unsaturated/α-hetero) is 1. The maximum Gasteiger partial charge on any atom is 0.228 e. The number of carbonyl (C=O) groups excluding carboxylic acids is 1. The number of carbonyl (C=O) groups is 1. The number of hydrogen-bond acceptors (Lipinski definition) is 5. The number of fused-ring (bicyclic) bond motifs is 3. The molecule has 1 aliphatic heterocycles. The van der Waals surface area contributed by atoms with Gasteiger partial charge in [-0.1, -0.05) is 44.2 Å². The highest BCUT2D eigenvalue weighted by molar-refractivity contribution is 6.00. The van der Waals surface area contributed by atoms with Gasteiger partial charge in [0.15, 0.2) is 17.3 Å². The van der Waals surface area contributed by atoms with E-state index in [1.165, 1.54) is 12.1 Å². The Morgan fingerprint density at radius 2 is 1.82 bits per heavy atom. The second kappa shape index (κ2) is 7.07. The van der Waals surface area contributed by atoms with E-state index in [0.717, 1.165) is 11.1 Å². The SMILES string of the molecule is CC1(C)CC(=O)C2=C(C1)Oc1ncn3nc(-c4ccc(F)cc4)nc3c1[C@@H]2c1ccccc1. The first-order valence-electron chi connectivity index (χ1n) is 10.9. The highest BCUT2D eigenvalue weighted by Crippen LogP contribution is 2.50. The van der Waals surface area contributed by atoms with Gasteiger partial charge >= 0.3 is 0 Å². The van der Waals surface area contributed by atoms with Gasteiger partial charge < -0.3 is 4.74 Å². The fourth-order valence-corrected chi connectivity index (χ4v) is 4.85. The van der Waals surface area contributed by atoms with Crippen molar-refractivity contribution in [3.8, 4) is 17.3 Å². The lowest BCUT2D eigenvalue weighted by atomic mass is 9.70. The molecule has 33 heavy (non-hydrogen) atoms. The molecule has 0 unspecified atom stereocenters. The number of halogens is 1. The summed E-state index contributed by atoms with van der Waals surface area (Å²) in [6.45, 7) is 4.16. The maximum atomic E-state index is 13.4. The number of aromatic nitrogens is 4. The number of hydrogen-bond donors (Lipinski definition) is 0. The molecular weight excluding hydrogens is 419 g/mol. The van der Waals surface area contributed by atoms with Crippen LogP contribution in [0.25, 0.3) is 17.0 Å². The molecule has 0 N–H and O–H groups in total. The molecule has 0 amide bonds. The lowest BCUT2D eigenvalue weighted by Gasteiger charge is -2.37.